The van der Waals surface area contributed by atoms with Gasteiger partial charge in [-0.05, 0) is 11.6 Å². The van der Waals surface area contributed by atoms with E-state index < -0.39 is 17.3 Å². The van der Waals surface area contributed by atoms with Crippen molar-refractivity contribution in [1.29, 1.82) is 0 Å². The Hall–Kier alpha value is -2.61. The minimum absolute atomic E-state index is 0.298. The van der Waals surface area contributed by atoms with Gasteiger partial charge < -0.3 is 19.5 Å². The van der Waals surface area contributed by atoms with Gasteiger partial charge in [0.25, 0.3) is 5.56 Å². The van der Waals surface area contributed by atoms with Crippen molar-refractivity contribution in [3.63, 3.8) is 0 Å². The summed E-state index contributed by atoms with van der Waals surface area (Å²) in [6.45, 7) is 2.33. The molecule has 1 saturated heterocycles. The maximum Gasteiger partial charge on any atom is 0.341 e. The molecule has 2 aromatic heterocycles. The van der Waals surface area contributed by atoms with Gasteiger partial charge in [-0.25, -0.2) is 9.18 Å². The van der Waals surface area contributed by atoms with Gasteiger partial charge in [0, 0.05) is 19.5 Å². The number of carbonyl (C=O) groups is 1. The molecule has 2 aromatic rings. The summed E-state index contributed by atoms with van der Waals surface area (Å²) in [6, 6.07) is 1.37. The predicted octanol–water partition coefficient (Wildman–Crippen LogP) is 0.908. The van der Waals surface area contributed by atoms with E-state index in [0.717, 1.165) is 10.6 Å². The van der Waals surface area contributed by atoms with Gasteiger partial charge in [-0.15, -0.1) is 0 Å². The highest BCUT2D eigenvalue weighted by molar-refractivity contribution is 5.89. The Morgan fingerprint density at radius 2 is 2.00 bits per heavy atom. The number of hydrogen-bond donors (Lipinski definition) is 1. The number of pyridine rings is 2. The molecule has 24 heavy (non-hydrogen) atoms. The molecular formula is C16H15FN2O5. The second-order valence-corrected chi connectivity index (χ2v) is 5.76. The Morgan fingerprint density at radius 3 is 2.71 bits per heavy atom. The summed E-state index contributed by atoms with van der Waals surface area (Å²) in [4.78, 5) is 25.5. The fourth-order valence-electron chi connectivity index (χ4n) is 3.29. The van der Waals surface area contributed by atoms with Crippen molar-refractivity contribution < 1.29 is 23.8 Å². The van der Waals surface area contributed by atoms with Crippen LogP contribution in [0.25, 0.3) is 5.52 Å². The van der Waals surface area contributed by atoms with Crippen molar-refractivity contribution >= 4 is 17.2 Å². The average molecular weight is 334 g/mol. The van der Waals surface area contributed by atoms with Gasteiger partial charge in [-0.3, -0.25) is 9.20 Å². The van der Waals surface area contributed by atoms with E-state index in [4.69, 9.17) is 9.47 Å². The molecule has 2 aliphatic heterocycles. The number of anilines is 1. The zero-order chi connectivity index (χ0) is 16.8. The Balaban J connectivity index is 2.03. The lowest BCUT2D eigenvalue weighted by Crippen LogP contribution is -2.38. The molecule has 0 amide bonds. The summed E-state index contributed by atoms with van der Waals surface area (Å²) in [5, 5.41) is 9.20. The van der Waals surface area contributed by atoms with Gasteiger partial charge >= 0.3 is 5.97 Å². The number of aromatic nitrogens is 1. The van der Waals surface area contributed by atoms with Gasteiger partial charge in [-0.2, -0.15) is 0 Å². The van der Waals surface area contributed by atoms with E-state index in [1.165, 1.54) is 6.07 Å². The highest BCUT2D eigenvalue weighted by atomic mass is 19.1. The van der Waals surface area contributed by atoms with Crippen molar-refractivity contribution in [1.82, 2.24) is 4.40 Å². The van der Waals surface area contributed by atoms with Gasteiger partial charge in [0.2, 0.25) is 0 Å². The Labute approximate surface area is 135 Å². The molecule has 1 N–H and O–H groups in total. The van der Waals surface area contributed by atoms with Crippen LogP contribution < -0.4 is 15.2 Å². The molecule has 8 heteroatoms. The van der Waals surface area contributed by atoms with E-state index >= 15 is 0 Å². The number of carboxylic acid groups (broad SMARTS) is 1. The summed E-state index contributed by atoms with van der Waals surface area (Å²) >= 11 is 0. The molecule has 4 rings (SSSR count). The molecular weight excluding hydrogens is 319 g/mol. The van der Waals surface area contributed by atoms with Crippen LogP contribution in [0.4, 0.5) is 10.1 Å². The summed E-state index contributed by atoms with van der Waals surface area (Å²) in [7, 11) is 0. The maximum atomic E-state index is 14.8. The molecule has 4 heterocycles. The Kier molecular flexibility index (Phi) is 3.42. The number of morpholine rings is 1. The van der Waals surface area contributed by atoms with Crippen molar-refractivity contribution in [2.24, 2.45) is 0 Å². The van der Waals surface area contributed by atoms with Crippen LogP contribution in [0.15, 0.2) is 17.1 Å². The number of ether oxygens (including phenoxy) is 2. The zero-order valence-corrected chi connectivity index (χ0v) is 12.7. The monoisotopic (exact) mass is 334 g/mol. The quantitative estimate of drug-likeness (QED) is 0.879. The Bertz CT molecular complexity index is 902. The van der Waals surface area contributed by atoms with Crippen LogP contribution in [0.1, 0.15) is 15.9 Å². The summed E-state index contributed by atoms with van der Waals surface area (Å²) < 4.78 is 26.8. The van der Waals surface area contributed by atoms with Crippen LogP contribution in [-0.2, 0) is 11.2 Å². The third-order valence-electron chi connectivity index (χ3n) is 4.39. The molecule has 0 unspecified atom stereocenters. The average Bonchev–Trinajstić information content (AvgIpc) is 2.58. The fourth-order valence-corrected chi connectivity index (χ4v) is 3.29. The molecule has 2 aliphatic rings. The lowest BCUT2D eigenvalue weighted by molar-refractivity contribution is 0.0694. The van der Waals surface area contributed by atoms with Gasteiger partial charge in [-0.1, -0.05) is 0 Å². The number of carboxylic acids is 1. The number of halogens is 1. The predicted molar refractivity (Wildman–Crippen MR) is 82.8 cm³/mol. The van der Waals surface area contributed by atoms with Gasteiger partial charge in [0.15, 0.2) is 11.6 Å². The molecule has 0 spiro atoms. The van der Waals surface area contributed by atoms with Crippen molar-refractivity contribution in [3.05, 3.63) is 39.6 Å². The minimum atomic E-state index is -1.32. The van der Waals surface area contributed by atoms with Gasteiger partial charge in [0.1, 0.15) is 11.3 Å². The zero-order valence-electron chi connectivity index (χ0n) is 12.7. The summed E-state index contributed by atoms with van der Waals surface area (Å²) in [5.74, 6) is -1.64. The van der Waals surface area contributed by atoms with E-state index in [0.29, 0.717) is 61.8 Å². The van der Waals surface area contributed by atoms with Crippen LogP contribution in [0.3, 0.4) is 0 Å². The minimum Gasteiger partial charge on any atom is -0.489 e. The first-order valence-electron chi connectivity index (χ1n) is 7.67. The number of nitrogens with zero attached hydrogens (tertiary/aromatic N) is 2. The molecule has 0 aliphatic carbocycles. The lowest BCUT2D eigenvalue weighted by Gasteiger charge is -2.32. The first-order valence-corrected chi connectivity index (χ1v) is 7.67. The van der Waals surface area contributed by atoms with Crippen LogP contribution in [-0.4, -0.2) is 48.4 Å². The van der Waals surface area contributed by atoms with Gasteiger partial charge in [0.05, 0.1) is 31.5 Å². The Morgan fingerprint density at radius 1 is 1.25 bits per heavy atom. The molecule has 0 radical (unpaired) electrons. The third-order valence-corrected chi connectivity index (χ3v) is 4.39. The molecule has 7 nitrogen and oxygen atoms in total. The second kappa shape index (κ2) is 5.48. The topological polar surface area (TPSA) is 80.5 Å². The van der Waals surface area contributed by atoms with Crippen LogP contribution in [0.2, 0.25) is 0 Å². The maximum absolute atomic E-state index is 14.8. The molecule has 1 fully saturated rings. The van der Waals surface area contributed by atoms with E-state index in [9.17, 15) is 19.1 Å². The first-order chi connectivity index (χ1) is 11.6. The highest BCUT2D eigenvalue weighted by Crippen LogP contribution is 2.39. The largest absolute Gasteiger partial charge is 0.489 e. The highest BCUT2D eigenvalue weighted by Gasteiger charge is 2.28. The standard InChI is InChI=1S/C16H15FN2O5/c17-11-8-19-12-9(7-10(15(19)20)16(21)22)1-4-24-14(12)13(11)18-2-5-23-6-3-18/h7-8H,1-6H2,(H,21,22). The summed E-state index contributed by atoms with van der Waals surface area (Å²) in [6.07, 6.45) is 1.52. The van der Waals surface area contributed by atoms with E-state index in [1.54, 1.807) is 0 Å². The first kappa shape index (κ1) is 14.9. The summed E-state index contributed by atoms with van der Waals surface area (Å²) in [5.41, 5.74) is 0.290. The molecule has 0 aromatic carbocycles. The molecule has 126 valence electrons. The van der Waals surface area contributed by atoms with Crippen molar-refractivity contribution in [2.45, 2.75) is 6.42 Å². The molecule has 0 bridgehead atoms. The molecule has 0 atom stereocenters. The smallest absolute Gasteiger partial charge is 0.341 e. The number of aromatic carboxylic acids is 1. The second-order valence-electron chi connectivity index (χ2n) is 5.76. The third kappa shape index (κ3) is 2.14. The molecule has 0 saturated carbocycles. The van der Waals surface area contributed by atoms with Crippen LogP contribution in [0.5, 0.6) is 5.75 Å². The van der Waals surface area contributed by atoms with Crippen LogP contribution >= 0.6 is 0 Å². The van der Waals surface area contributed by atoms with E-state index in [1.807, 2.05) is 4.90 Å². The number of rotatable bonds is 2. The van der Waals surface area contributed by atoms with Crippen molar-refractivity contribution in [3.8, 4) is 5.75 Å². The van der Waals surface area contributed by atoms with E-state index in [-0.39, 0.29) is 5.56 Å². The SMILES string of the molecule is O=C(O)c1cc2c3c(c(N4CCOCC4)c(F)cn3c1=O)OCC2. The van der Waals surface area contributed by atoms with Crippen LogP contribution in [0, 0.1) is 5.82 Å². The fraction of sp³-hybridized carbons (Fsp3) is 0.375. The van der Waals surface area contributed by atoms with E-state index in [2.05, 4.69) is 0 Å². The van der Waals surface area contributed by atoms with Crippen molar-refractivity contribution in [2.75, 3.05) is 37.8 Å². The lowest BCUT2D eigenvalue weighted by atomic mass is 10.0. The normalized spacial score (nSPS) is 17.0. The number of hydrogen-bond acceptors (Lipinski definition) is 5.